The lowest BCUT2D eigenvalue weighted by Crippen LogP contribution is -2.56. The summed E-state index contributed by atoms with van der Waals surface area (Å²) in [5, 5.41) is 10.8. The van der Waals surface area contributed by atoms with Crippen LogP contribution >= 0.6 is 0 Å². The number of amides is 1. The van der Waals surface area contributed by atoms with Gasteiger partial charge in [0.2, 0.25) is 15.9 Å². The number of carbonyl (C=O) groups is 2. The average molecular weight is 266 g/mol. The lowest BCUT2D eigenvalue weighted by Gasteiger charge is -2.32. The predicted molar refractivity (Wildman–Crippen MR) is 56.8 cm³/mol. The Kier molecular flexibility index (Phi) is 4.43. The molecular weight excluding hydrogens is 252 g/mol. The number of carboxylic acids is 1. The van der Waals surface area contributed by atoms with Gasteiger partial charge in [0.05, 0.1) is 13.2 Å². The third kappa shape index (κ3) is 3.38. The molecule has 1 atom stereocenters. The molecule has 2 N–H and O–H groups in total. The van der Waals surface area contributed by atoms with Gasteiger partial charge in [-0.1, -0.05) is 0 Å². The monoisotopic (exact) mass is 266 g/mol. The van der Waals surface area contributed by atoms with Crippen molar-refractivity contribution in [2.24, 2.45) is 0 Å². The van der Waals surface area contributed by atoms with Gasteiger partial charge in [-0.2, -0.15) is 4.31 Å². The van der Waals surface area contributed by atoms with Crippen molar-refractivity contribution in [3.05, 3.63) is 0 Å². The number of carboxylic acid groups (broad SMARTS) is 1. The quantitative estimate of drug-likeness (QED) is 0.599. The normalized spacial score (nSPS) is 22.1. The maximum Gasteiger partial charge on any atom is 0.320 e. The lowest BCUT2D eigenvalue weighted by molar-refractivity contribution is -0.134. The molecule has 0 radical (unpaired) electrons. The maximum atomic E-state index is 11.7. The summed E-state index contributed by atoms with van der Waals surface area (Å²) in [5.41, 5.74) is 0. The van der Waals surface area contributed by atoms with Crippen LogP contribution in [0.3, 0.4) is 0 Å². The van der Waals surface area contributed by atoms with Crippen molar-refractivity contribution in [2.45, 2.75) is 6.04 Å². The largest absolute Gasteiger partial charge is 0.480 e. The minimum atomic E-state index is -3.99. The van der Waals surface area contributed by atoms with Crippen LogP contribution in [0.1, 0.15) is 0 Å². The molecule has 0 spiro atoms. The number of sulfonamides is 1. The first-order valence-corrected chi connectivity index (χ1v) is 6.50. The topological polar surface area (TPSA) is 113 Å². The molecule has 1 heterocycles. The summed E-state index contributed by atoms with van der Waals surface area (Å²) in [7, 11) is -2.62. The summed E-state index contributed by atoms with van der Waals surface area (Å²) >= 11 is 0. The Hall–Kier alpha value is -1.19. The van der Waals surface area contributed by atoms with Crippen LogP contribution in [0.5, 0.6) is 0 Å². The number of aliphatic carboxylic acids is 1. The minimum absolute atomic E-state index is 0.0201. The van der Waals surface area contributed by atoms with Crippen molar-refractivity contribution < 1.29 is 27.9 Å². The number of carbonyl (C=O) groups excluding carboxylic acids is 1. The van der Waals surface area contributed by atoms with Crippen LogP contribution in [-0.4, -0.2) is 68.3 Å². The number of hydrogen-bond acceptors (Lipinski definition) is 5. The van der Waals surface area contributed by atoms with Crippen LogP contribution in [-0.2, 0) is 24.3 Å². The zero-order chi connectivity index (χ0) is 13.1. The molecule has 1 aliphatic heterocycles. The van der Waals surface area contributed by atoms with Crippen molar-refractivity contribution in [3.63, 3.8) is 0 Å². The van der Waals surface area contributed by atoms with Crippen molar-refractivity contribution in [2.75, 3.05) is 32.6 Å². The number of likely N-dealkylation sites (N-methyl/N-ethyl adjacent to an activating group) is 1. The van der Waals surface area contributed by atoms with Gasteiger partial charge in [0.25, 0.3) is 0 Å². The number of ether oxygens (including phenoxy) is 1. The molecule has 0 aliphatic carbocycles. The first kappa shape index (κ1) is 13.9. The van der Waals surface area contributed by atoms with Gasteiger partial charge in [-0.25, -0.2) is 8.42 Å². The number of morpholine rings is 1. The van der Waals surface area contributed by atoms with E-state index in [1.54, 1.807) is 0 Å². The molecule has 0 aromatic heterocycles. The minimum Gasteiger partial charge on any atom is -0.480 e. The summed E-state index contributed by atoms with van der Waals surface area (Å²) < 4.78 is 29.4. The van der Waals surface area contributed by atoms with Crippen LogP contribution in [0.15, 0.2) is 0 Å². The molecular formula is C8H14N2O6S. The molecule has 0 aromatic carbocycles. The Morgan fingerprint density at radius 3 is 2.71 bits per heavy atom. The fourth-order valence-corrected chi connectivity index (χ4v) is 2.91. The van der Waals surface area contributed by atoms with Gasteiger partial charge < -0.3 is 15.2 Å². The van der Waals surface area contributed by atoms with E-state index in [2.05, 4.69) is 5.32 Å². The number of nitrogens with one attached hydrogen (secondary N) is 1. The van der Waals surface area contributed by atoms with Crippen LogP contribution in [0.2, 0.25) is 0 Å². The standard InChI is InChI=1S/C8H14N2O6S/c1-9-8(13)6-4-16-3-2-10(6)17(14,15)5-7(11)12/h6H,2-5H2,1H3,(H,9,13)(H,11,12). The summed E-state index contributed by atoms with van der Waals surface area (Å²) in [6.07, 6.45) is 0. The van der Waals surface area contributed by atoms with Gasteiger partial charge in [-0.05, 0) is 0 Å². The van der Waals surface area contributed by atoms with E-state index in [4.69, 9.17) is 9.84 Å². The molecule has 1 fully saturated rings. The van der Waals surface area contributed by atoms with Crippen molar-refractivity contribution in [1.29, 1.82) is 0 Å². The predicted octanol–water partition coefficient (Wildman–Crippen LogP) is -2.15. The molecule has 0 saturated carbocycles. The highest BCUT2D eigenvalue weighted by Gasteiger charge is 2.37. The zero-order valence-corrected chi connectivity index (χ0v) is 10.1. The second kappa shape index (κ2) is 5.43. The summed E-state index contributed by atoms with van der Waals surface area (Å²) in [6, 6.07) is -1.00. The van der Waals surface area contributed by atoms with Crippen molar-refractivity contribution in [1.82, 2.24) is 9.62 Å². The third-order valence-electron chi connectivity index (χ3n) is 2.29. The highest BCUT2D eigenvalue weighted by atomic mass is 32.2. The smallest absolute Gasteiger partial charge is 0.320 e. The van der Waals surface area contributed by atoms with Crippen LogP contribution in [0.25, 0.3) is 0 Å². The fourth-order valence-electron chi connectivity index (χ4n) is 1.53. The van der Waals surface area contributed by atoms with Gasteiger partial charge in [-0.15, -0.1) is 0 Å². The molecule has 1 unspecified atom stereocenters. The third-order valence-corrected chi connectivity index (χ3v) is 4.05. The number of rotatable bonds is 4. The number of nitrogens with zero attached hydrogens (tertiary/aromatic N) is 1. The second-order valence-electron chi connectivity index (χ2n) is 3.47. The summed E-state index contributed by atoms with van der Waals surface area (Å²) in [5.74, 6) is -2.99. The van der Waals surface area contributed by atoms with Gasteiger partial charge in [-0.3, -0.25) is 9.59 Å². The van der Waals surface area contributed by atoms with Gasteiger partial charge in [0.15, 0.2) is 5.75 Å². The molecule has 1 aliphatic rings. The first-order chi connectivity index (χ1) is 7.88. The van der Waals surface area contributed by atoms with Crippen LogP contribution in [0.4, 0.5) is 0 Å². The Morgan fingerprint density at radius 1 is 1.53 bits per heavy atom. The average Bonchev–Trinajstić information content (AvgIpc) is 2.26. The number of hydrogen-bond donors (Lipinski definition) is 2. The molecule has 1 amide bonds. The van der Waals surface area contributed by atoms with Crippen molar-refractivity contribution in [3.8, 4) is 0 Å². The van der Waals surface area contributed by atoms with Gasteiger partial charge in [0, 0.05) is 13.6 Å². The molecule has 98 valence electrons. The maximum absolute atomic E-state index is 11.7. The first-order valence-electron chi connectivity index (χ1n) is 4.89. The zero-order valence-electron chi connectivity index (χ0n) is 9.25. The highest BCUT2D eigenvalue weighted by molar-refractivity contribution is 7.89. The summed E-state index contributed by atoms with van der Waals surface area (Å²) in [4.78, 5) is 21.9. The van der Waals surface area contributed by atoms with Crippen molar-refractivity contribution >= 4 is 21.9 Å². The van der Waals surface area contributed by atoms with E-state index in [-0.39, 0.29) is 19.8 Å². The van der Waals surface area contributed by atoms with Crippen LogP contribution in [0, 0.1) is 0 Å². The van der Waals surface area contributed by atoms with E-state index >= 15 is 0 Å². The fraction of sp³-hybridized carbons (Fsp3) is 0.750. The highest BCUT2D eigenvalue weighted by Crippen LogP contribution is 2.13. The molecule has 0 aromatic rings. The molecule has 9 heteroatoms. The van der Waals surface area contributed by atoms with E-state index in [1.807, 2.05) is 0 Å². The van der Waals surface area contributed by atoms with E-state index < -0.39 is 33.7 Å². The van der Waals surface area contributed by atoms with Gasteiger partial charge >= 0.3 is 5.97 Å². The second-order valence-corrected chi connectivity index (χ2v) is 5.39. The Labute approximate surface area is 98.6 Å². The van der Waals surface area contributed by atoms with E-state index in [0.29, 0.717) is 0 Å². The van der Waals surface area contributed by atoms with Gasteiger partial charge in [0.1, 0.15) is 6.04 Å². The Bertz CT molecular complexity index is 406. The molecule has 1 saturated heterocycles. The van der Waals surface area contributed by atoms with E-state index in [9.17, 15) is 18.0 Å². The summed E-state index contributed by atoms with van der Waals surface area (Å²) in [6.45, 7) is 0.0541. The lowest BCUT2D eigenvalue weighted by atomic mass is 10.2. The Balaban J connectivity index is 2.91. The molecule has 8 nitrogen and oxygen atoms in total. The molecule has 1 rings (SSSR count). The molecule has 17 heavy (non-hydrogen) atoms. The molecule has 0 bridgehead atoms. The SMILES string of the molecule is CNC(=O)C1COCCN1S(=O)(=O)CC(=O)O. The Morgan fingerprint density at radius 2 is 2.18 bits per heavy atom. The van der Waals surface area contributed by atoms with E-state index in [1.165, 1.54) is 7.05 Å². The van der Waals surface area contributed by atoms with Crippen LogP contribution < -0.4 is 5.32 Å². The van der Waals surface area contributed by atoms with E-state index in [0.717, 1.165) is 4.31 Å².